The van der Waals surface area contributed by atoms with Gasteiger partial charge in [-0.3, -0.25) is 14.6 Å². The molecule has 10 rings (SSSR count). The maximum atomic E-state index is 15.3. The Labute approximate surface area is 340 Å². The molecule has 0 bridgehead atoms. The third-order valence-corrected chi connectivity index (χ3v) is 11.1. The summed E-state index contributed by atoms with van der Waals surface area (Å²) < 4.78 is 2.08. The summed E-state index contributed by atoms with van der Waals surface area (Å²) >= 11 is 0. The van der Waals surface area contributed by atoms with Gasteiger partial charge < -0.3 is 9.47 Å². The number of imide groups is 1. The quantitative estimate of drug-likeness (QED) is 0.156. The van der Waals surface area contributed by atoms with Crippen LogP contribution in [0.4, 0.5) is 5.69 Å². The summed E-state index contributed by atoms with van der Waals surface area (Å²) in [6.07, 6.45) is 7.19. The maximum absolute atomic E-state index is 15.3. The zero-order chi connectivity index (χ0) is 40.2. The lowest BCUT2D eigenvalue weighted by Crippen LogP contribution is -2.30. The minimum absolute atomic E-state index is 0.277. The van der Waals surface area contributed by atoms with Crippen molar-refractivity contribution in [3.05, 3.63) is 192 Å². The Morgan fingerprint density at radius 1 is 0.576 bits per heavy atom. The van der Waals surface area contributed by atoms with E-state index in [4.69, 9.17) is 0 Å². The molecule has 59 heavy (non-hydrogen) atoms. The molecule has 0 saturated heterocycles. The van der Waals surface area contributed by atoms with Gasteiger partial charge in [0, 0.05) is 69.8 Å². The lowest BCUT2D eigenvalue weighted by Gasteiger charge is -2.22. The molecule has 8 aromatic rings. The molecule has 2 aliphatic rings. The Bertz CT molecular complexity index is 3220. The number of pyridine rings is 1. The normalized spacial score (nSPS) is 13.6. The van der Waals surface area contributed by atoms with Crippen LogP contribution in [-0.4, -0.2) is 39.9 Å². The summed E-state index contributed by atoms with van der Waals surface area (Å²) in [5.41, 5.74) is 11.0. The number of nitriles is 2. The Morgan fingerprint density at radius 2 is 1.25 bits per heavy atom. The standard InChI is InChI=1S/C51H32N6O2/c1-55-30-33(27-53)24-38(31-55)40-16-9-18-42-41-17-8-15-39(37-23-32(26-52)28-54-29-37)48(41)56(49(40)42)46-20-10-19-43-47(46)51(59)57(50(43)58)45-22-21-36(34-11-4-2-5-12-34)25-44(45)35-13-6-3-7-14-35/h2-25,28-29,31H,30H2,1H3. The lowest BCUT2D eigenvalue weighted by atomic mass is 9.97. The van der Waals surface area contributed by atoms with E-state index in [0.717, 1.165) is 66.3 Å². The number of rotatable bonds is 6. The van der Waals surface area contributed by atoms with E-state index in [2.05, 4.69) is 27.8 Å². The van der Waals surface area contributed by atoms with Crippen molar-refractivity contribution in [1.29, 1.82) is 10.5 Å². The fourth-order valence-corrected chi connectivity index (χ4v) is 8.57. The number of hydrogen-bond donors (Lipinski definition) is 0. The molecule has 0 atom stereocenters. The van der Waals surface area contributed by atoms with Crippen LogP contribution in [0.15, 0.2) is 170 Å². The number of benzene rings is 6. The molecule has 0 saturated carbocycles. The lowest BCUT2D eigenvalue weighted by molar-refractivity contribution is 0.0926. The van der Waals surface area contributed by atoms with E-state index in [9.17, 15) is 15.3 Å². The molecule has 2 aromatic heterocycles. The molecule has 2 amide bonds. The first-order valence-corrected chi connectivity index (χ1v) is 19.2. The molecule has 0 N–H and O–H groups in total. The molecule has 8 nitrogen and oxygen atoms in total. The molecule has 4 heterocycles. The number of aromatic nitrogens is 2. The van der Waals surface area contributed by atoms with E-state index >= 15 is 4.79 Å². The van der Waals surface area contributed by atoms with Crippen molar-refractivity contribution in [3.63, 3.8) is 0 Å². The predicted octanol–water partition coefficient (Wildman–Crippen LogP) is 10.6. The molecule has 278 valence electrons. The average Bonchev–Trinajstić information content (AvgIpc) is 3.77. The number of anilines is 1. The third kappa shape index (κ3) is 5.70. The third-order valence-electron chi connectivity index (χ3n) is 11.1. The van der Waals surface area contributed by atoms with Gasteiger partial charge in [-0.1, -0.05) is 109 Å². The molecule has 2 aliphatic heterocycles. The Morgan fingerprint density at radius 3 is 1.98 bits per heavy atom. The number of likely N-dealkylation sites (N-methyl/N-ethyl adjacent to an activating group) is 1. The van der Waals surface area contributed by atoms with Crippen molar-refractivity contribution in [2.75, 3.05) is 18.5 Å². The van der Waals surface area contributed by atoms with Gasteiger partial charge in [0.25, 0.3) is 11.8 Å². The highest BCUT2D eigenvalue weighted by molar-refractivity contribution is 6.36. The molecular weight excluding hydrogens is 729 g/mol. The van der Waals surface area contributed by atoms with Crippen molar-refractivity contribution in [3.8, 4) is 51.2 Å². The SMILES string of the molecule is CN1C=C(c2cccc3c4cccc(-c5cncc(C#N)c5)c4n(-c4cccc5c4C(=O)N(c4ccc(-c6ccccc6)cc4-c4ccccc4)C5=O)c23)C=C(C#N)C1. The predicted molar refractivity (Wildman–Crippen MR) is 231 cm³/mol. The first-order chi connectivity index (χ1) is 28.9. The van der Waals surface area contributed by atoms with Crippen LogP contribution >= 0.6 is 0 Å². The van der Waals surface area contributed by atoms with Crippen molar-refractivity contribution in [2.24, 2.45) is 0 Å². The Kier molecular flexibility index (Phi) is 8.33. The van der Waals surface area contributed by atoms with Gasteiger partial charge in [-0.2, -0.15) is 10.5 Å². The molecule has 0 fully saturated rings. The number of amides is 2. The summed E-state index contributed by atoms with van der Waals surface area (Å²) in [7, 11) is 1.94. The van der Waals surface area contributed by atoms with Gasteiger partial charge in [-0.15, -0.1) is 0 Å². The minimum atomic E-state index is -0.438. The van der Waals surface area contributed by atoms with Gasteiger partial charge in [0.15, 0.2) is 0 Å². The maximum Gasteiger partial charge on any atom is 0.268 e. The average molecular weight is 761 g/mol. The van der Waals surface area contributed by atoms with E-state index in [1.165, 1.54) is 11.1 Å². The highest BCUT2D eigenvalue weighted by Crippen LogP contribution is 2.45. The topological polar surface area (TPSA) is 106 Å². The second kappa shape index (κ2) is 14.0. The van der Waals surface area contributed by atoms with E-state index in [1.54, 1.807) is 18.3 Å². The van der Waals surface area contributed by atoms with Crippen LogP contribution in [0.25, 0.3) is 66.4 Å². The van der Waals surface area contributed by atoms with Crippen LogP contribution < -0.4 is 4.90 Å². The summed E-state index contributed by atoms with van der Waals surface area (Å²) in [5.74, 6) is -0.853. The largest absolute Gasteiger partial charge is 0.375 e. The number of allylic oxidation sites excluding steroid dienone is 2. The molecule has 8 heteroatoms. The number of carbonyl (C=O) groups is 2. The molecular formula is C51H32N6O2. The van der Waals surface area contributed by atoms with E-state index in [1.807, 2.05) is 146 Å². The molecule has 0 spiro atoms. The van der Waals surface area contributed by atoms with Crippen LogP contribution in [0, 0.1) is 22.7 Å². The van der Waals surface area contributed by atoms with Gasteiger partial charge in [0.05, 0.1) is 51.7 Å². The molecule has 0 aliphatic carbocycles. The number of para-hydroxylation sites is 2. The van der Waals surface area contributed by atoms with Gasteiger partial charge in [-0.25, -0.2) is 4.90 Å². The van der Waals surface area contributed by atoms with Gasteiger partial charge in [-0.05, 0) is 53.1 Å². The van der Waals surface area contributed by atoms with Crippen LogP contribution in [0.5, 0.6) is 0 Å². The zero-order valence-electron chi connectivity index (χ0n) is 31.8. The number of fused-ring (bicyclic) bond motifs is 4. The first kappa shape index (κ1) is 35.1. The summed E-state index contributed by atoms with van der Waals surface area (Å²) in [4.78, 5) is 37.7. The smallest absolute Gasteiger partial charge is 0.268 e. The number of carbonyl (C=O) groups excluding carboxylic acids is 2. The summed E-state index contributed by atoms with van der Waals surface area (Å²) in [6.45, 7) is 0.487. The first-order valence-electron chi connectivity index (χ1n) is 19.2. The van der Waals surface area contributed by atoms with Crippen LogP contribution in [0.1, 0.15) is 31.8 Å². The monoisotopic (exact) mass is 760 g/mol. The van der Waals surface area contributed by atoms with Crippen LogP contribution in [0.3, 0.4) is 0 Å². The number of hydrogen-bond acceptors (Lipinski definition) is 6. The van der Waals surface area contributed by atoms with Crippen molar-refractivity contribution in [2.45, 2.75) is 0 Å². The second-order valence-electron chi connectivity index (χ2n) is 14.7. The Balaban J connectivity index is 1.25. The fraction of sp³-hybridized carbons (Fsp3) is 0.0392. The van der Waals surface area contributed by atoms with Crippen molar-refractivity contribution in [1.82, 2.24) is 14.5 Å². The van der Waals surface area contributed by atoms with E-state index in [-0.39, 0.29) is 5.56 Å². The highest BCUT2D eigenvalue weighted by Gasteiger charge is 2.41. The van der Waals surface area contributed by atoms with Gasteiger partial charge in [0.1, 0.15) is 6.07 Å². The molecule has 0 radical (unpaired) electrons. The highest BCUT2D eigenvalue weighted by atomic mass is 16.2. The molecule has 6 aromatic carbocycles. The summed E-state index contributed by atoms with van der Waals surface area (Å²) in [5, 5.41) is 21.7. The van der Waals surface area contributed by atoms with Crippen LogP contribution in [-0.2, 0) is 0 Å². The molecule has 0 unspecified atom stereocenters. The summed E-state index contributed by atoms with van der Waals surface area (Å²) in [6, 6.07) is 49.6. The van der Waals surface area contributed by atoms with E-state index in [0.29, 0.717) is 34.6 Å². The van der Waals surface area contributed by atoms with Crippen LogP contribution in [0.2, 0.25) is 0 Å². The van der Waals surface area contributed by atoms with Crippen molar-refractivity contribution < 1.29 is 9.59 Å². The van der Waals surface area contributed by atoms with E-state index < -0.39 is 11.8 Å². The number of nitrogens with zero attached hydrogens (tertiary/aromatic N) is 6. The van der Waals surface area contributed by atoms with Gasteiger partial charge >= 0.3 is 0 Å². The minimum Gasteiger partial charge on any atom is -0.375 e. The fourth-order valence-electron chi connectivity index (χ4n) is 8.57. The van der Waals surface area contributed by atoms with Crippen molar-refractivity contribution >= 4 is 44.9 Å². The second-order valence-corrected chi connectivity index (χ2v) is 14.7. The van der Waals surface area contributed by atoms with Gasteiger partial charge in [0.2, 0.25) is 0 Å². The Hall–Kier alpha value is -8.33. The zero-order valence-corrected chi connectivity index (χ0v) is 31.8.